The summed E-state index contributed by atoms with van der Waals surface area (Å²) < 4.78 is 26.7. The first-order chi connectivity index (χ1) is 15.1. The molecule has 3 saturated heterocycles. The van der Waals surface area contributed by atoms with Crippen LogP contribution in [0, 0.1) is 0 Å². The van der Waals surface area contributed by atoms with E-state index in [2.05, 4.69) is 5.32 Å². The third kappa shape index (κ3) is 4.97. The van der Waals surface area contributed by atoms with Crippen molar-refractivity contribution < 1.29 is 18.4 Å². The van der Waals surface area contributed by atoms with Gasteiger partial charge in [-0.25, -0.2) is 13.6 Å². The van der Waals surface area contributed by atoms with Crippen LogP contribution in [-0.4, -0.2) is 76.9 Å². The number of nitrogens with zero attached hydrogens (tertiary/aromatic N) is 3. The lowest BCUT2D eigenvalue weighted by Crippen LogP contribution is -2.62. The summed E-state index contributed by atoms with van der Waals surface area (Å²) >= 11 is 12.0. The van der Waals surface area contributed by atoms with Gasteiger partial charge in [-0.2, -0.15) is 0 Å². The second-order valence-electron chi connectivity index (χ2n) is 9.04. The van der Waals surface area contributed by atoms with Gasteiger partial charge in [-0.05, 0) is 57.4 Å². The molecule has 1 aromatic carbocycles. The van der Waals surface area contributed by atoms with Crippen molar-refractivity contribution in [2.24, 2.45) is 0 Å². The molecule has 32 heavy (non-hydrogen) atoms. The van der Waals surface area contributed by atoms with Crippen LogP contribution < -0.4 is 5.32 Å². The van der Waals surface area contributed by atoms with Crippen molar-refractivity contribution in [2.75, 3.05) is 31.5 Å². The Balaban J connectivity index is 1.32. The Kier molecular flexibility index (Phi) is 6.84. The van der Waals surface area contributed by atoms with Crippen LogP contribution in [0.5, 0.6) is 0 Å². The van der Waals surface area contributed by atoms with E-state index in [0.29, 0.717) is 35.4 Å². The van der Waals surface area contributed by atoms with Crippen LogP contribution in [0.2, 0.25) is 10.0 Å². The smallest absolute Gasteiger partial charge is 0.322 e. The lowest BCUT2D eigenvalue weighted by molar-refractivity contribution is -0.143. The van der Waals surface area contributed by atoms with Crippen LogP contribution in [0.1, 0.15) is 39.0 Å². The number of carbonyl (C=O) groups is 2. The number of hydrogen-bond acceptors (Lipinski definition) is 3. The van der Waals surface area contributed by atoms with E-state index in [4.69, 9.17) is 23.2 Å². The molecule has 3 heterocycles. The van der Waals surface area contributed by atoms with E-state index in [0.717, 1.165) is 25.7 Å². The van der Waals surface area contributed by atoms with Gasteiger partial charge in [0.1, 0.15) is 6.04 Å². The molecule has 0 radical (unpaired) electrons. The predicted octanol–water partition coefficient (Wildman–Crippen LogP) is 4.71. The molecule has 0 saturated carbocycles. The average Bonchev–Trinajstić information content (AvgIpc) is 3.30. The predicted molar refractivity (Wildman–Crippen MR) is 121 cm³/mol. The monoisotopic (exact) mass is 488 g/mol. The van der Waals surface area contributed by atoms with Crippen molar-refractivity contribution in [3.05, 3.63) is 28.2 Å². The minimum Gasteiger partial charge on any atom is -0.333 e. The number of urea groups is 1. The Labute approximate surface area is 196 Å². The lowest BCUT2D eigenvalue weighted by Gasteiger charge is -2.43. The Hall–Kier alpha value is -1.64. The molecule has 0 spiro atoms. The van der Waals surface area contributed by atoms with Crippen LogP contribution >= 0.6 is 23.2 Å². The molecular weight excluding hydrogens is 461 g/mol. The molecule has 1 unspecified atom stereocenters. The van der Waals surface area contributed by atoms with E-state index in [9.17, 15) is 18.4 Å². The molecule has 1 aromatic rings. The van der Waals surface area contributed by atoms with Crippen LogP contribution in [0.4, 0.5) is 19.3 Å². The molecule has 0 bridgehead atoms. The van der Waals surface area contributed by atoms with Crippen LogP contribution in [0.25, 0.3) is 0 Å². The summed E-state index contributed by atoms with van der Waals surface area (Å²) in [6.45, 7) is 3.11. The van der Waals surface area contributed by atoms with Gasteiger partial charge in [-0.3, -0.25) is 9.69 Å². The maximum atomic E-state index is 13.4. The number of nitrogens with one attached hydrogen (secondary N) is 1. The minimum absolute atomic E-state index is 0.0145. The minimum atomic E-state index is -2.57. The van der Waals surface area contributed by atoms with Gasteiger partial charge in [0.05, 0.1) is 16.6 Å². The zero-order valence-corrected chi connectivity index (χ0v) is 19.5. The van der Waals surface area contributed by atoms with Crippen molar-refractivity contribution in [3.8, 4) is 0 Å². The van der Waals surface area contributed by atoms with Gasteiger partial charge in [0.25, 0.3) is 5.92 Å². The summed E-state index contributed by atoms with van der Waals surface area (Å²) in [7, 11) is 0. The van der Waals surface area contributed by atoms with Crippen molar-refractivity contribution in [3.63, 3.8) is 0 Å². The molecule has 10 heteroatoms. The normalized spacial score (nSPS) is 27.7. The van der Waals surface area contributed by atoms with Gasteiger partial charge in [0, 0.05) is 37.3 Å². The molecule has 3 atom stereocenters. The largest absolute Gasteiger partial charge is 0.333 e. The highest BCUT2D eigenvalue weighted by molar-refractivity contribution is 6.42. The fourth-order valence-corrected chi connectivity index (χ4v) is 5.39. The molecule has 3 aliphatic rings. The number of benzene rings is 1. The molecule has 0 aromatic heterocycles. The number of carbonyl (C=O) groups excluding carboxylic acids is 2. The lowest BCUT2D eigenvalue weighted by atomic mass is 10.1. The number of alkyl halides is 2. The molecule has 3 fully saturated rings. The van der Waals surface area contributed by atoms with Crippen molar-refractivity contribution in [2.45, 2.75) is 63.1 Å². The van der Waals surface area contributed by atoms with E-state index in [1.54, 1.807) is 30.0 Å². The second-order valence-corrected chi connectivity index (χ2v) is 9.86. The second kappa shape index (κ2) is 9.31. The number of fused-ring (bicyclic) bond motifs is 1. The summed E-state index contributed by atoms with van der Waals surface area (Å²) in [5, 5.41) is 3.54. The number of halogens is 4. The first-order valence-corrected chi connectivity index (χ1v) is 11.9. The highest BCUT2D eigenvalue weighted by Gasteiger charge is 2.46. The third-order valence-corrected chi connectivity index (χ3v) is 7.54. The summed E-state index contributed by atoms with van der Waals surface area (Å²) in [6, 6.07) is 4.02. The summed E-state index contributed by atoms with van der Waals surface area (Å²) in [4.78, 5) is 31.3. The van der Waals surface area contributed by atoms with Gasteiger partial charge in [0.2, 0.25) is 5.91 Å². The number of rotatable bonds is 5. The number of anilines is 1. The number of amides is 3. The standard InChI is InChI=1S/C22H28Cl2F2N4O2/c1-14-20(31)30-16(3-2-9-28-10-8-22(25,26)13-28)5-6-17(30)12-29(14)21(32)27-15-4-7-18(23)19(24)11-15/h4,7,11,14,16-17H,2-3,5-6,8-10,12-13H2,1H3,(H,27,32)/t14-,16?,17-/m0/s1. The first kappa shape index (κ1) is 23.5. The molecule has 6 nitrogen and oxygen atoms in total. The highest BCUT2D eigenvalue weighted by atomic mass is 35.5. The van der Waals surface area contributed by atoms with Crippen LogP contribution in [0.3, 0.4) is 0 Å². The fourth-order valence-electron chi connectivity index (χ4n) is 5.09. The van der Waals surface area contributed by atoms with Crippen molar-refractivity contribution in [1.82, 2.24) is 14.7 Å². The number of likely N-dealkylation sites (tertiary alicyclic amines) is 1. The van der Waals surface area contributed by atoms with Gasteiger partial charge >= 0.3 is 6.03 Å². The molecule has 1 N–H and O–H groups in total. The Morgan fingerprint density at radius 1 is 1.25 bits per heavy atom. The average molecular weight is 489 g/mol. The molecule has 3 amide bonds. The maximum Gasteiger partial charge on any atom is 0.322 e. The van der Waals surface area contributed by atoms with Crippen molar-refractivity contribution in [1.29, 1.82) is 0 Å². The SMILES string of the molecule is C[C@H]1C(=O)N2C(CCCN3CCC(F)(F)C3)CC[C@H]2CN1C(=O)Nc1ccc(Cl)c(Cl)c1. The van der Waals surface area contributed by atoms with E-state index < -0.39 is 12.0 Å². The molecule has 4 rings (SSSR count). The van der Waals surface area contributed by atoms with Crippen LogP contribution in [-0.2, 0) is 4.79 Å². The van der Waals surface area contributed by atoms with Crippen LogP contribution in [0.15, 0.2) is 18.2 Å². The van der Waals surface area contributed by atoms with Crippen molar-refractivity contribution >= 4 is 40.8 Å². The summed E-state index contributed by atoms with van der Waals surface area (Å²) in [6.07, 6.45) is 3.23. The Bertz CT molecular complexity index is 887. The quantitative estimate of drug-likeness (QED) is 0.652. The van der Waals surface area contributed by atoms with E-state index in [1.165, 1.54) is 0 Å². The third-order valence-electron chi connectivity index (χ3n) is 6.80. The van der Waals surface area contributed by atoms with E-state index in [-0.39, 0.29) is 37.0 Å². The molecule has 3 aliphatic heterocycles. The number of piperazine rings is 1. The van der Waals surface area contributed by atoms with E-state index >= 15 is 0 Å². The zero-order valence-electron chi connectivity index (χ0n) is 18.0. The van der Waals surface area contributed by atoms with Gasteiger partial charge in [0.15, 0.2) is 0 Å². The maximum absolute atomic E-state index is 13.4. The zero-order chi connectivity index (χ0) is 23.0. The summed E-state index contributed by atoms with van der Waals surface area (Å²) in [5.41, 5.74) is 0.517. The first-order valence-electron chi connectivity index (χ1n) is 11.1. The molecule has 176 valence electrons. The van der Waals surface area contributed by atoms with Gasteiger partial charge in [-0.15, -0.1) is 0 Å². The van der Waals surface area contributed by atoms with E-state index in [1.807, 2.05) is 9.80 Å². The fraction of sp³-hybridized carbons (Fsp3) is 0.636. The van der Waals surface area contributed by atoms with Gasteiger partial charge in [-0.1, -0.05) is 23.2 Å². The number of hydrogen-bond donors (Lipinski definition) is 1. The molecule has 0 aliphatic carbocycles. The summed E-state index contributed by atoms with van der Waals surface area (Å²) in [5.74, 6) is -2.63. The Morgan fingerprint density at radius 3 is 2.72 bits per heavy atom. The molecular formula is C22H28Cl2F2N4O2. The Morgan fingerprint density at radius 2 is 2.03 bits per heavy atom. The highest BCUT2D eigenvalue weighted by Crippen LogP contribution is 2.34. The van der Waals surface area contributed by atoms with Gasteiger partial charge < -0.3 is 15.1 Å². The topological polar surface area (TPSA) is 55.9 Å².